The summed E-state index contributed by atoms with van der Waals surface area (Å²) in [5.74, 6) is -2.36. The highest BCUT2D eigenvalue weighted by molar-refractivity contribution is 6.19. The molecule has 0 aliphatic carbocycles. The molecule has 1 aliphatic rings. The summed E-state index contributed by atoms with van der Waals surface area (Å²) < 4.78 is 32.3. The van der Waals surface area contributed by atoms with E-state index in [1.54, 1.807) is 0 Å². The second-order valence-electron chi connectivity index (χ2n) is 4.58. The van der Waals surface area contributed by atoms with Crippen molar-refractivity contribution < 1.29 is 18.3 Å². The van der Waals surface area contributed by atoms with Gasteiger partial charge in [0.25, 0.3) is 5.91 Å². The predicted octanol–water partition coefficient (Wildman–Crippen LogP) is 2.48. The molecular formula is C13H14ClF2NO2. The summed E-state index contributed by atoms with van der Waals surface area (Å²) in [6.45, 7) is 0.930. The molecule has 1 heterocycles. The molecule has 1 saturated heterocycles. The van der Waals surface area contributed by atoms with Crippen molar-refractivity contribution >= 4 is 17.5 Å². The molecule has 1 aliphatic heterocycles. The Hall–Kier alpha value is -1.20. The predicted molar refractivity (Wildman–Crippen MR) is 67.3 cm³/mol. The van der Waals surface area contributed by atoms with Gasteiger partial charge in [-0.25, -0.2) is 8.78 Å². The summed E-state index contributed by atoms with van der Waals surface area (Å²) in [6.07, 6.45) is 1.05. The van der Waals surface area contributed by atoms with Gasteiger partial charge in [-0.1, -0.05) is 6.07 Å². The number of nitrogens with one attached hydrogen (secondary N) is 1. The Kier molecular flexibility index (Phi) is 4.37. The van der Waals surface area contributed by atoms with Gasteiger partial charge < -0.3 is 10.1 Å². The van der Waals surface area contributed by atoms with Crippen LogP contribution in [0.3, 0.4) is 0 Å². The molecule has 1 aromatic carbocycles. The number of carbonyl (C=O) groups excluding carboxylic acids is 1. The van der Waals surface area contributed by atoms with E-state index in [4.69, 9.17) is 16.3 Å². The van der Waals surface area contributed by atoms with E-state index >= 15 is 0 Å². The van der Waals surface area contributed by atoms with Crippen LogP contribution < -0.4 is 5.32 Å². The second kappa shape index (κ2) is 5.84. The van der Waals surface area contributed by atoms with Gasteiger partial charge in [-0.05, 0) is 25.0 Å². The number of carbonyl (C=O) groups is 1. The topological polar surface area (TPSA) is 38.3 Å². The molecule has 0 aromatic heterocycles. The standard InChI is InChI=1S/C13H14ClF2NO2/c14-8-13(4-6-19-7-5-13)17-12(18)11-9(15)2-1-3-10(11)16/h1-3H,4-8H2,(H,17,18). The number of halogens is 3. The van der Waals surface area contributed by atoms with E-state index in [1.807, 2.05) is 0 Å². The van der Waals surface area contributed by atoms with Crippen molar-refractivity contribution in [1.82, 2.24) is 5.32 Å². The van der Waals surface area contributed by atoms with Gasteiger partial charge in [0, 0.05) is 19.1 Å². The van der Waals surface area contributed by atoms with Crippen LogP contribution in [0.4, 0.5) is 8.78 Å². The molecule has 2 rings (SSSR count). The molecule has 0 unspecified atom stereocenters. The van der Waals surface area contributed by atoms with Crippen LogP contribution in [0.25, 0.3) is 0 Å². The van der Waals surface area contributed by atoms with E-state index < -0.39 is 28.6 Å². The minimum Gasteiger partial charge on any atom is -0.381 e. The second-order valence-corrected chi connectivity index (χ2v) is 4.84. The minimum absolute atomic E-state index is 0.179. The largest absolute Gasteiger partial charge is 0.381 e. The first kappa shape index (κ1) is 14.2. The lowest BCUT2D eigenvalue weighted by molar-refractivity contribution is 0.0431. The summed E-state index contributed by atoms with van der Waals surface area (Å²) in [7, 11) is 0. The molecule has 104 valence electrons. The van der Waals surface area contributed by atoms with E-state index in [1.165, 1.54) is 6.07 Å². The van der Waals surface area contributed by atoms with Crippen LogP contribution in [0.15, 0.2) is 18.2 Å². The fourth-order valence-corrected chi connectivity index (χ4v) is 2.41. The van der Waals surface area contributed by atoms with Crippen molar-refractivity contribution in [3.63, 3.8) is 0 Å². The molecule has 0 bridgehead atoms. The van der Waals surface area contributed by atoms with E-state index in [-0.39, 0.29) is 5.88 Å². The molecule has 0 atom stereocenters. The smallest absolute Gasteiger partial charge is 0.257 e. The monoisotopic (exact) mass is 289 g/mol. The Morgan fingerprint density at radius 1 is 1.32 bits per heavy atom. The Labute approximate surface area is 114 Å². The fraction of sp³-hybridized carbons (Fsp3) is 0.462. The van der Waals surface area contributed by atoms with Crippen LogP contribution in [0.1, 0.15) is 23.2 Å². The van der Waals surface area contributed by atoms with Crippen molar-refractivity contribution in [3.8, 4) is 0 Å². The Morgan fingerprint density at radius 3 is 2.42 bits per heavy atom. The van der Waals surface area contributed by atoms with Crippen LogP contribution in [-0.4, -0.2) is 30.5 Å². The van der Waals surface area contributed by atoms with Crippen molar-refractivity contribution in [1.29, 1.82) is 0 Å². The molecule has 0 spiro atoms. The number of ether oxygens (including phenoxy) is 1. The average molecular weight is 290 g/mol. The highest BCUT2D eigenvalue weighted by atomic mass is 35.5. The van der Waals surface area contributed by atoms with Crippen molar-refractivity contribution in [3.05, 3.63) is 35.4 Å². The molecule has 1 fully saturated rings. The zero-order chi connectivity index (χ0) is 13.9. The minimum atomic E-state index is -0.880. The van der Waals surface area contributed by atoms with E-state index in [9.17, 15) is 13.6 Å². The molecule has 6 heteroatoms. The zero-order valence-electron chi connectivity index (χ0n) is 10.2. The number of rotatable bonds is 3. The Morgan fingerprint density at radius 2 is 1.89 bits per heavy atom. The van der Waals surface area contributed by atoms with Crippen LogP contribution in [0.5, 0.6) is 0 Å². The van der Waals surface area contributed by atoms with Gasteiger partial charge in [-0.15, -0.1) is 11.6 Å². The normalized spacial score (nSPS) is 18.1. The Bertz CT molecular complexity index is 455. The first-order chi connectivity index (χ1) is 9.08. The summed E-state index contributed by atoms with van der Waals surface area (Å²) in [5, 5.41) is 2.65. The Balaban J connectivity index is 2.20. The molecular weight excluding hydrogens is 276 g/mol. The first-order valence-electron chi connectivity index (χ1n) is 5.98. The lowest BCUT2D eigenvalue weighted by Crippen LogP contribution is -2.53. The molecule has 0 saturated carbocycles. The lowest BCUT2D eigenvalue weighted by Gasteiger charge is -2.36. The van der Waals surface area contributed by atoms with Crippen molar-refractivity contribution in [2.24, 2.45) is 0 Å². The van der Waals surface area contributed by atoms with Crippen molar-refractivity contribution in [2.45, 2.75) is 18.4 Å². The van der Waals surface area contributed by atoms with Gasteiger partial charge in [0.2, 0.25) is 0 Å². The molecule has 1 aromatic rings. The lowest BCUT2D eigenvalue weighted by atomic mass is 9.91. The molecule has 1 amide bonds. The van der Waals surface area contributed by atoms with Crippen molar-refractivity contribution in [2.75, 3.05) is 19.1 Å². The highest BCUT2D eigenvalue weighted by Crippen LogP contribution is 2.23. The number of alkyl halides is 1. The number of benzene rings is 1. The SMILES string of the molecule is O=C(NC1(CCl)CCOCC1)c1c(F)cccc1F. The highest BCUT2D eigenvalue weighted by Gasteiger charge is 2.34. The third-order valence-corrected chi connectivity index (χ3v) is 3.79. The van der Waals surface area contributed by atoms with Gasteiger partial charge in [-0.3, -0.25) is 4.79 Å². The maximum atomic E-state index is 13.5. The maximum absolute atomic E-state index is 13.5. The molecule has 3 nitrogen and oxygen atoms in total. The maximum Gasteiger partial charge on any atom is 0.257 e. The van der Waals surface area contributed by atoms with Gasteiger partial charge in [0.15, 0.2) is 0 Å². The summed E-state index contributed by atoms with van der Waals surface area (Å²) >= 11 is 5.89. The van der Waals surface area contributed by atoms with Gasteiger partial charge in [0.1, 0.15) is 17.2 Å². The van der Waals surface area contributed by atoms with Crippen LogP contribution in [-0.2, 0) is 4.74 Å². The van der Waals surface area contributed by atoms with Gasteiger partial charge in [0.05, 0.1) is 5.54 Å². The number of amides is 1. The van der Waals surface area contributed by atoms with Crippen LogP contribution >= 0.6 is 11.6 Å². The molecule has 0 radical (unpaired) electrons. The third kappa shape index (κ3) is 3.04. The quantitative estimate of drug-likeness (QED) is 0.868. The zero-order valence-corrected chi connectivity index (χ0v) is 11.0. The van der Waals surface area contributed by atoms with E-state index in [0.29, 0.717) is 26.1 Å². The average Bonchev–Trinajstić information content (AvgIpc) is 2.39. The van der Waals surface area contributed by atoms with Gasteiger partial charge >= 0.3 is 0 Å². The fourth-order valence-electron chi connectivity index (χ4n) is 2.07. The van der Waals surface area contributed by atoms with Crippen LogP contribution in [0.2, 0.25) is 0 Å². The summed E-state index contributed by atoms with van der Waals surface area (Å²) in [4.78, 5) is 12.0. The van der Waals surface area contributed by atoms with E-state index in [2.05, 4.69) is 5.32 Å². The first-order valence-corrected chi connectivity index (χ1v) is 6.52. The summed E-state index contributed by atoms with van der Waals surface area (Å²) in [5.41, 5.74) is -1.23. The summed E-state index contributed by atoms with van der Waals surface area (Å²) in [6, 6.07) is 3.32. The third-order valence-electron chi connectivity index (χ3n) is 3.27. The number of hydrogen-bond donors (Lipinski definition) is 1. The molecule has 1 N–H and O–H groups in total. The van der Waals surface area contributed by atoms with Crippen LogP contribution in [0, 0.1) is 11.6 Å². The van der Waals surface area contributed by atoms with E-state index in [0.717, 1.165) is 12.1 Å². The van der Waals surface area contributed by atoms with Gasteiger partial charge in [-0.2, -0.15) is 0 Å². The molecule has 19 heavy (non-hydrogen) atoms. The number of hydrogen-bond acceptors (Lipinski definition) is 2.